The Kier molecular flexibility index (Phi) is 9.11. The third-order valence-electron chi connectivity index (χ3n) is 6.27. The van der Waals surface area contributed by atoms with Gasteiger partial charge < -0.3 is 24.8 Å². The lowest BCUT2D eigenvalue weighted by molar-refractivity contribution is -0.139. The molecule has 2 N–H and O–H groups in total. The number of aromatic nitrogens is 2. The molecule has 3 rings (SSSR count). The van der Waals surface area contributed by atoms with Crippen LogP contribution in [0.3, 0.4) is 0 Å². The van der Waals surface area contributed by atoms with E-state index in [1.54, 1.807) is 21.1 Å². The number of ether oxygens (including phenoxy) is 3. The fourth-order valence-electron chi connectivity index (χ4n) is 4.56. The van der Waals surface area contributed by atoms with Crippen LogP contribution in [0.15, 0.2) is 29.5 Å². The van der Waals surface area contributed by atoms with Gasteiger partial charge in [0.15, 0.2) is 0 Å². The predicted octanol–water partition coefficient (Wildman–Crippen LogP) is 2.98. The molecule has 36 heavy (non-hydrogen) atoms. The number of aryl methyl sites for hydroxylation is 2. The lowest BCUT2D eigenvalue weighted by atomic mass is 9.93. The van der Waals surface area contributed by atoms with E-state index in [9.17, 15) is 9.59 Å². The number of esters is 1. The van der Waals surface area contributed by atoms with Crippen molar-refractivity contribution < 1.29 is 23.8 Å². The molecule has 0 aliphatic carbocycles. The van der Waals surface area contributed by atoms with Gasteiger partial charge in [0.05, 0.1) is 37.6 Å². The smallest absolute Gasteiger partial charge is 0.338 e. The number of hydrogen-bond acceptors (Lipinski definition) is 7. The van der Waals surface area contributed by atoms with Gasteiger partial charge in [0, 0.05) is 49.3 Å². The highest BCUT2D eigenvalue weighted by atomic mass is 16.5. The van der Waals surface area contributed by atoms with E-state index in [1.807, 2.05) is 36.9 Å². The molecule has 1 aromatic carbocycles. The van der Waals surface area contributed by atoms with Gasteiger partial charge >= 0.3 is 12.0 Å². The Hall–Kier alpha value is -3.37. The summed E-state index contributed by atoms with van der Waals surface area (Å²) >= 11 is 0. The molecule has 0 fully saturated rings. The summed E-state index contributed by atoms with van der Waals surface area (Å²) in [5.41, 5.74) is 5.63. The molecule has 0 unspecified atom stereocenters. The molecule has 2 heterocycles. The SMILES string of the molecule is CCOC(=O)C1=C(CN(C)Cc2c(C)nn(CC)c2C)NC(=O)N[C@H]1c1ccc(OC)c(COC)c1. The molecule has 0 radical (unpaired) electrons. The van der Waals surface area contributed by atoms with Crippen LogP contribution in [0.5, 0.6) is 5.75 Å². The number of methoxy groups -OCH3 is 2. The van der Waals surface area contributed by atoms with E-state index in [0.29, 0.717) is 36.7 Å². The summed E-state index contributed by atoms with van der Waals surface area (Å²) in [7, 11) is 5.14. The maximum Gasteiger partial charge on any atom is 0.338 e. The van der Waals surface area contributed by atoms with Crippen LogP contribution in [0.2, 0.25) is 0 Å². The van der Waals surface area contributed by atoms with Crippen LogP contribution in [0.1, 0.15) is 48.0 Å². The molecular weight excluding hydrogens is 462 g/mol. The summed E-state index contributed by atoms with van der Waals surface area (Å²) in [6, 6.07) is 4.45. The minimum atomic E-state index is -0.686. The average molecular weight is 500 g/mol. The van der Waals surface area contributed by atoms with Gasteiger partial charge in [-0.15, -0.1) is 0 Å². The van der Waals surface area contributed by atoms with Crippen molar-refractivity contribution in [1.29, 1.82) is 0 Å². The van der Waals surface area contributed by atoms with E-state index >= 15 is 0 Å². The third kappa shape index (κ3) is 5.88. The summed E-state index contributed by atoms with van der Waals surface area (Å²) in [4.78, 5) is 27.9. The number of amides is 2. The highest BCUT2D eigenvalue weighted by Gasteiger charge is 2.34. The van der Waals surface area contributed by atoms with Gasteiger partial charge in [0.1, 0.15) is 5.75 Å². The van der Waals surface area contributed by atoms with Gasteiger partial charge in [-0.05, 0) is 52.4 Å². The van der Waals surface area contributed by atoms with Crippen LogP contribution in [-0.4, -0.2) is 61.1 Å². The first-order valence-electron chi connectivity index (χ1n) is 12.1. The zero-order valence-corrected chi connectivity index (χ0v) is 22.2. The van der Waals surface area contributed by atoms with E-state index in [4.69, 9.17) is 14.2 Å². The van der Waals surface area contributed by atoms with E-state index in [2.05, 4.69) is 34.5 Å². The highest BCUT2D eigenvalue weighted by molar-refractivity contribution is 5.95. The second kappa shape index (κ2) is 12.0. The zero-order valence-electron chi connectivity index (χ0n) is 22.2. The number of carbonyl (C=O) groups is 2. The molecule has 10 nitrogen and oxygen atoms in total. The van der Waals surface area contributed by atoms with Crippen molar-refractivity contribution in [1.82, 2.24) is 25.3 Å². The molecule has 196 valence electrons. The molecule has 2 aromatic rings. The lowest BCUT2D eigenvalue weighted by Crippen LogP contribution is -2.48. The first-order valence-corrected chi connectivity index (χ1v) is 12.1. The predicted molar refractivity (Wildman–Crippen MR) is 135 cm³/mol. The second-order valence-corrected chi connectivity index (χ2v) is 8.79. The maximum atomic E-state index is 13.2. The summed E-state index contributed by atoms with van der Waals surface area (Å²) in [5, 5.41) is 10.3. The average Bonchev–Trinajstić information content (AvgIpc) is 3.11. The van der Waals surface area contributed by atoms with Crippen molar-refractivity contribution in [3.05, 3.63) is 57.5 Å². The molecule has 1 atom stereocenters. The Morgan fingerprint density at radius 1 is 1.19 bits per heavy atom. The van der Waals surface area contributed by atoms with Crippen LogP contribution in [0.4, 0.5) is 4.79 Å². The fourth-order valence-corrected chi connectivity index (χ4v) is 4.56. The molecule has 1 aliphatic heterocycles. The fraction of sp³-hybridized carbons (Fsp3) is 0.500. The number of benzene rings is 1. The normalized spacial score (nSPS) is 15.7. The summed E-state index contributed by atoms with van der Waals surface area (Å²) in [6.07, 6.45) is 0. The van der Waals surface area contributed by atoms with Gasteiger partial charge in [-0.3, -0.25) is 9.58 Å². The maximum absolute atomic E-state index is 13.2. The van der Waals surface area contributed by atoms with Crippen LogP contribution >= 0.6 is 0 Å². The first-order chi connectivity index (χ1) is 17.2. The lowest BCUT2D eigenvalue weighted by Gasteiger charge is -2.31. The van der Waals surface area contributed by atoms with Gasteiger partial charge in [-0.2, -0.15) is 5.10 Å². The summed E-state index contributed by atoms with van der Waals surface area (Å²) in [5.74, 6) is 0.189. The molecule has 0 spiro atoms. The topological polar surface area (TPSA) is 107 Å². The van der Waals surface area contributed by atoms with E-state index in [0.717, 1.165) is 34.6 Å². The van der Waals surface area contributed by atoms with Crippen molar-refractivity contribution in [3.63, 3.8) is 0 Å². The summed E-state index contributed by atoms with van der Waals surface area (Å²) in [6.45, 7) is 10.2. The number of likely N-dealkylation sites (N-methyl/N-ethyl adjacent to an activating group) is 1. The molecular formula is C26H37N5O5. The molecule has 0 saturated carbocycles. The molecule has 1 aromatic heterocycles. The standard InChI is InChI=1S/C26H37N5O5/c1-8-31-17(4)20(16(3)29-31)13-30(5)14-21-23(25(32)36-9-2)24(28-26(33)27-21)18-10-11-22(35-7)19(12-18)15-34-6/h10-12,24H,8-9,13-15H2,1-7H3,(H2,27,28,33)/t24-/m0/s1. The Labute approximate surface area is 212 Å². The number of nitrogens with zero attached hydrogens (tertiary/aromatic N) is 3. The number of rotatable bonds is 11. The summed E-state index contributed by atoms with van der Waals surface area (Å²) < 4.78 is 18.1. The Morgan fingerprint density at radius 2 is 1.94 bits per heavy atom. The quantitative estimate of drug-likeness (QED) is 0.458. The van der Waals surface area contributed by atoms with Crippen LogP contribution in [-0.2, 0) is 34.0 Å². The van der Waals surface area contributed by atoms with Crippen LogP contribution in [0.25, 0.3) is 0 Å². The van der Waals surface area contributed by atoms with Crippen molar-refractivity contribution >= 4 is 12.0 Å². The zero-order chi connectivity index (χ0) is 26.4. The van der Waals surface area contributed by atoms with Crippen LogP contribution in [0, 0.1) is 13.8 Å². The van der Waals surface area contributed by atoms with Gasteiger partial charge in [-0.1, -0.05) is 6.07 Å². The molecule has 0 saturated heterocycles. The second-order valence-electron chi connectivity index (χ2n) is 8.79. The third-order valence-corrected chi connectivity index (χ3v) is 6.27. The number of carbonyl (C=O) groups excluding carboxylic acids is 2. The number of nitrogens with one attached hydrogen (secondary N) is 2. The van der Waals surface area contributed by atoms with E-state index in [1.165, 1.54) is 0 Å². The number of hydrogen-bond donors (Lipinski definition) is 2. The Bertz CT molecular complexity index is 1140. The van der Waals surface area contributed by atoms with Gasteiger partial charge in [-0.25, -0.2) is 9.59 Å². The van der Waals surface area contributed by atoms with Crippen molar-refractivity contribution in [2.45, 2.75) is 53.4 Å². The highest BCUT2D eigenvalue weighted by Crippen LogP contribution is 2.32. The molecule has 0 bridgehead atoms. The molecule has 1 aliphatic rings. The van der Waals surface area contributed by atoms with Crippen molar-refractivity contribution in [2.24, 2.45) is 0 Å². The Morgan fingerprint density at radius 3 is 2.56 bits per heavy atom. The Balaban J connectivity index is 2.00. The minimum Gasteiger partial charge on any atom is -0.496 e. The molecule has 2 amide bonds. The van der Waals surface area contributed by atoms with Gasteiger partial charge in [0.25, 0.3) is 0 Å². The van der Waals surface area contributed by atoms with Gasteiger partial charge in [0.2, 0.25) is 0 Å². The largest absolute Gasteiger partial charge is 0.496 e. The minimum absolute atomic E-state index is 0.220. The van der Waals surface area contributed by atoms with E-state index < -0.39 is 12.0 Å². The number of urea groups is 1. The van der Waals surface area contributed by atoms with Crippen LogP contribution < -0.4 is 15.4 Å². The first kappa shape index (κ1) is 27.2. The van der Waals surface area contributed by atoms with Crippen molar-refractivity contribution in [2.75, 3.05) is 34.4 Å². The van der Waals surface area contributed by atoms with Crippen molar-refractivity contribution in [3.8, 4) is 5.75 Å². The van der Waals surface area contributed by atoms with E-state index in [-0.39, 0.29) is 12.6 Å². The monoisotopic (exact) mass is 499 g/mol. The molecule has 10 heteroatoms.